The highest BCUT2D eigenvalue weighted by Crippen LogP contribution is 2.26. The maximum Gasteiger partial charge on any atom is 0.220 e. The minimum Gasteiger partial charge on any atom is -0.349 e. The van der Waals surface area contributed by atoms with E-state index in [0.29, 0.717) is 12.8 Å². The molecule has 1 heterocycles. The van der Waals surface area contributed by atoms with Crippen molar-refractivity contribution >= 4 is 5.91 Å². The Hall–Kier alpha value is -1.45. The number of carbonyl (C=O) groups is 1. The second-order valence-corrected chi connectivity index (χ2v) is 3.32. The van der Waals surface area contributed by atoms with Crippen LogP contribution in [0, 0.1) is 11.6 Å². The van der Waals surface area contributed by atoms with Crippen LogP contribution in [0.15, 0.2) is 18.2 Å². The largest absolute Gasteiger partial charge is 0.349 e. The standard InChI is InChI=1S/C10H9F2NO/c11-6-1-2-8(12)7(5-6)9-3-4-10(14)13-9/h1-2,5,9H,3-4H2,(H,13,14). The smallest absolute Gasteiger partial charge is 0.220 e. The zero-order chi connectivity index (χ0) is 10.1. The van der Waals surface area contributed by atoms with Crippen LogP contribution in [-0.2, 0) is 4.79 Å². The van der Waals surface area contributed by atoms with Gasteiger partial charge in [0.05, 0.1) is 6.04 Å². The van der Waals surface area contributed by atoms with Gasteiger partial charge in [-0.05, 0) is 24.6 Å². The molecule has 74 valence electrons. The summed E-state index contributed by atoms with van der Waals surface area (Å²) in [6, 6.07) is 2.90. The first-order chi connectivity index (χ1) is 6.66. The Balaban J connectivity index is 2.31. The molecule has 1 aromatic carbocycles. The number of hydrogen-bond donors (Lipinski definition) is 1. The molecule has 1 amide bonds. The van der Waals surface area contributed by atoms with Gasteiger partial charge in [-0.25, -0.2) is 8.78 Å². The van der Waals surface area contributed by atoms with Crippen molar-refractivity contribution in [3.8, 4) is 0 Å². The average molecular weight is 197 g/mol. The van der Waals surface area contributed by atoms with Crippen molar-refractivity contribution in [2.75, 3.05) is 0 Å². The van der Waals surface area contributed by atoms with Crippen LogP contribution in [0.2, 0.25) is 0 Å². The van der Waals surface area contributed by atoms with Crippen molar-refractivity contribution in [3.63, 3.8) is 0 Å². The Labute approximate surface area is 79.9 Å². The van der Waals surface area contributed by atoms with Gasteiger partial charge in [0.1, 0.15) is 11.6 Å². The zero-order valence-corrected chi connectivity index (χ0v) is 7.39. The maximum absolute atomic E-state index is 13.2. The Bertz CT molecular complexity index is 378. The van der Waals surface area contributed by atoms with Crippen LogP contribution in [0.25, 0.3) is 0 Å². The van der Waals surface area contributed by atoms with E-state index in [2.05, 4.69) is 5.32 Å². The molecule has 0 radical (unpaired) electrons. The highest BCUT2D eigenvalue weighted by molar-refractivity contribution is 5.78. The Morgan fingerprint density at radius 3 is 2.79 bits per heavy atom. The minimum atomic E-state index is -0.484. The SMILES string of the molecule is O=C1CCC(c2cc(F)ccc2F)N1. The summed E-state index contributed by atoms with van der Waals surface area (Å²) in [6.45, 7) is 0. The molecular weight excluding hydrogens is 188 g/mol. The highest BCUT2D eigenvalue weighted by atomic mass is 19.1. The number of hydrogen-bond acceptors (Lipinski definition) is 1. The van der Waals surface area contributed by atoms with Gasteiger partial charge in [-0.3, -0.25) is 4.79 Å². The Kier molecular flexibility index (Phi) is 2.19. The van der Waals surface area contributed by atoms with Crippen molar-refractivity contribution in [2.24, 2.45) is 0 Å². The number of amides is 1. The zero-order valence-electron chi connectivity index (χ0n) is 7.39. The molecule has 1 aromatic rings. The van der Waals surface area contributed by atoms with Gasteiger partial charge < -0.3 is 5.32 Å². The van der Waals surface area contributed by atoms with Crippen LogP contribution in [0.4, 0.5) is 8.78 Å². The molecule has 1 unspecified atom stereocenters. The van der Waals surface area contributed by atoms with Crippen molar-refractivity contribution in [1.82, 2.24) is 5.32 Å². The third-order valence-corrected chi connectivity index (χ3v) is 2.33. The third-order valence-electron chi connectivity index (χ3n) is 2.33. The molecule has 4 heteroatoms. The van der Waals surface area contributed by atoms with E-state index in [0.717, 1.165) is 18.2 Å². The number of nitrogens with one attached hydrogen (secondary N) is 1. The van der Waals surface area contributed by atoms with Gasteiger partial charge >= 0.3 is 0 Å². The fourth-order valence-corrected chi connectivity index (χ4v) is 1.63. The van der Waals surface area contributed by atoms with Gasteiger partial charge in [0.2, 0.25) is 5.91 Å². The first-order valence-corrected chi connectivity index (χ1v) is 4.41. The fourth-order valence-electron chi connectivity index (χ4n) is 1.63. The lowest BCUT2D eigenvalue weighted by Gasteiger charge is -2.10. The summed E-state index contributed by atoms with van der Waals surface area (Å²) < 4.78 is 26.0. The van der Waals surface area contributed by atoms with Crippen molar-refractivity contribution in [1.29, 1.82) is 0 Å². The molecule has 1 fully saturated rings. The quantitative estimate of drug-likeness (QED) is 0.732. The number of rotatable bonds is 1. The van der Waals surface area contributed by atoms with Crippen LogP contribution in [0.5, 0.6) is 0 Å². The molecule has 2 rings (SSSR count). The van der Waals surface area contributed by atoms with Gasteiger partial charge in [0.15, 0.2) is 0 Å². The van der Waals surface area contributed by atoms with Crippen LogP contribution >= 0.6 is 0 Å². The van der Waals surface area contributed by atoms with E-state index >= 15 is 0 Å². The first kappa shape index (κ1) is 9.12. The maximum atomic E-state index is 13.2. The van der Waals surface area contributed by atoms with Gasteiger partial charge in [-0.1, -0.05) is 0 Å². The second-order valence-electron chi connectivity index (χ2n) is 3.32. The van der Waals surface area contributed by atoms with E-state index in [4.69, 9.17) is 0 Å². The van der Waals surface area contributed by atoms with Gasteiger partial charge in [0.25, 0.3) is 0 Å². The molecule has 14 heavy (non-hydrogen) atoms. The summed E-state index contributed by atoms with van der Waals surface area (Å²) in [4.78, 5) is 10.9. The van der Waals surface area contributed by atoms with E-state index in [-0.39, 0.29) is 17.5 Å². The topological polar surface area (TPSA) is 29.1 Å². The van der Waals surface area contributed by atoms with Crippen molar-refractivity contribution in [2.45, 2.75) is 18.9 Å². The van der Waals surface area contributed by atoms with Crippen LogP contribution in [-0.4, -0.2) is 5.91 Å². The molecule has 0 bridgehead atoms. The van der Waals surface area contributed by atoms with E-state index in [1.807, 2.05) is 0 Å². The number of halogens is 2. The molecule has 0 spiro atoms. The summed E-state index contributed by atoms with van der Waals surface area (Å²) in [6.07, 6.45) is 0.903. The molecule has 0 saturated carbocycles. The van der Waals surface area contributed by atoms with Crippen LogP contribution < -0.4 is 5.32 Å². The van der Waals surface area contributed by atoms with Gasteiger partial charge in [0, 0.05) is 12.0 Å². The molecule has 2 nitrogen and oxygen atoms in total. The lowest BCUT2D eigenvalue weighted by Crippen LogP contribution is -2.19. The van der Waals surface area contributed by atoms with Gasteiger partial charge in [-0.15, -0.1) is 0 Å². The summed E-state index contributed by atoms with van der Waals surface area (Å²) in [5.74, 6) is -1.07. The van der Waals surface area contributed by atoms with E-state index in [1.165, 1.54) is 0 Å². The fraction of sp³-hybridized carbons (Fsp3) is 0.300. The molecule has 1 N–H and O–H groups in total. The van der Waals surface area contributed by atoms with Crippen LogP contribution in [0.3, 0.4) is 0 Å². The van der Waals surface area contributed by atoms with E-state index < -0.39 is 11.6 Å². The minimum absolute atomic E-state index is 0.112. The molecule has 1 aliphatic heterocycles. The molecule has 0 aliphatic carbocycles. The van der Waals surface area contributed by atoms with Gasteiger partial charge in [-0.2, -0.15) is 0 Å². The molecule has 1 saturated heterocycles. The Morgan fingerprint density at radius 1 is 1.36 bits per heavy atom. The third kappa shape index (κ3) is 1.60. The predicted octanol–water partition coefficient (Wildman–Crippen LogP) is 1.92. The lowest BCUT2D eigenvalue weighted by molar-refractivity contribution is -0.119. The summed E-state index contributed by atoms with van der Waals surface area (Å²) in [7, 11) is 0. The molecule has 1 aliphatic rings. The van der Waals surface area contributed by atoms with Crippen molar-refractivity contribution < 1.29 is 13.6 Å². The van der Waals surface area contributed by atoms with Crippen molar-refractivity contribution in [3.05, 3.63) is 35.4 Å². The lowest BCUT2D eigenvalue weighted by atomic mass is 10.0. The second kappa shape index (κ2) is 3.36. The highest BCUT2D eigenvalue weighted by Gasteiger charge is 2.24. The summed E-state index contributed by atoms with van der Waals surface area (Å²) >= 11 is 0. The summed E-state index contributed by atoms with van der Waals surface area (Å²) in [5.41, 5.74) is 0.232. The monoisotopic (exact) mass is 197 g/mol. The number of benzene rings is 1. The van der Waals surface area contributed by atoms with E-state index in [1.54, 1.807) is 0 Å². The first-order valence-electron chi connectivity index (χ1n) is 4.41. The molecule has 0 aromatic heterocycles. The molecule has 1 atom stereocenters. The average Bonchev–Trinajstić information content (AvgIpc) is 2.56. The Morgan fingerprint density at radius 2 is 2.14 bits per heavy atom. The normalized spacial score (nSPS) is 21.0. The van der Waals surface area contributed by atoms with Crippen LogP contribution in [0.1, 0.15) is 24.4 Å². The molecular formula is C10H9F2NO. The predicted molar refractivity (Wildman–Crippen MR) is 46.5 cm³/mol. The number of carbonyl (C=O) groups excluding carboxylic acids is 1. The summed E-state index contributed by atoms with van der Waals surface area (Å²) in [5, 5.41) is 2.59. The van der Waals surface area contributed by atoms with E-state index in [9.17, 15) is 13.6 Å².